The van der Waals surface area contributed by atoms with Crippen LogP contribution in [0.15, 0.2) is 120 Å². The van der Waals surface area contributed by atoms with E-state index in [0.29, 0.717) is 5.69 Å². The fourth-order valence-corrected chi connectivity index (χ4v) is 5.11. The van der Waals surface area contributed by atoms with Crippen LogP contribution in [0.2, 0.25) is 0 Å². The summed E-state index contributed by atoms with van der Waals surface area (Å²) in [5.74, 6) is 2.04. The average Bonchev–Trinajstić information content (AvgIpc) is 3.07. The van der Waals surface area contributed by atoms with E-state index in [9.17, 15) is 4.39 Å². The second-order valence-electron chi connectivity index (χ2n) is 9.93. The van der Waals surface area contributed by atoms with Gasteiger partial charge in [-0.25, -0.2) is 4.39 Å². The topological polar surface area (TPSA) is 52.9 Å². The van der Waals surface area contributed by atoms with Crippen LogP contribution >= 0.6 is 0 Å². The van der Waals surface area contributed by atoms with Crippen LogP contribution < -0.4 is 14.2 Å². The normalized spacial score (nSPS) is 11.2. The summed E-state index contributed by atoms with van der Waals surface area (Å²) < 4.78 is 29.8. The molecule has 0 radical (unpaired) electrons. The summed E-state index contributed by atoms with van der Waals surface area (Å²) in [4.78, 5) is 9.64. The van der Waals surface area contributed by atoms with Crippen molar-refractivity contribution in [3.05, 3.63) is 127 Å². The number of rotatable bonds is 8. The molecule has 6 heteroatoms. The second-order valence-corrected chi connectivity index (χ2v) is 9.93. The number of ether oxygens (including phenoxy) is 3. The zero-order valence-electron chi connectivity index (χ0n) is 24.0. The van der Waals surface area contributed by atoms with Crippen molar-refractivity contribution in [2.24, 2.45) is 4.99 Å². The Bertz CT molecular complexity index is 1900. The number of aromatic nitrogens is 1. The molecule has 1 aromatic heterocycles. The maximum atomic E-state index is 13.5. The SMILES string of the molecule is COc1ccc(-c2cc(-c3ccc(OC)cc3)c3ncc(C=Nc4ccc(F)cc4)c(-c4ccc(OC)cc4)c3c2)cc1. The molecule has 5 nitrogen and oxygen atoms in total. The Labute approximate surface area is 249 Å². The van der Waals surface area contributed by atoms with Crippen molar-refractivity contribution in [2.45, 2.75) is 0 Å². The third-order valence-corrected chi connectivity index (χ3v) is 7.38. The smallest absolute Gasteiger partial charge is 0.123 e. The maximum Gasteiger partial charge on any atom is 0.123 e. The highest BCUT2D eigenvalue weighted by Gasteiger charge is 2.17. The highest BCUT2D eigenvalue weighted by Crippen LogP contribution is 2.40. The van der Waals surface area contributed by atoms with E-state index in [-0.39, 0.29) is 5.82 Å². The van der Waals surface area contributed by atoms with E-state index in [1.807, 2.05) is 66.9 Å². The molecule has 6 aromatic rings. The van der Waals surface area contributed by atoms with Gasteiger partial charge in [-0.05, 0) is 95.1 Å². The maximum absolute atomic E-state index is 13.5. The fraction of sp³-hybridized carbons (Fsp3) is 0.0811. The first-order valence-electron chi connectivity index (χ1n) is 13.8. The largest absolute Gasteiger partial charge is 0.497 e. The van der Waals surface area contributed by atoms with Crippen molar-refractivity contribution in [2.75, 3.05) is 21.3 Å². The lowest BCUT2D eigenvalue weighted by Crippen LogP contribution is -1.96. The molecule has 0 fully saturated rings. The Hall–Kier alpha value is -5.49. The van der Waals surface area contributed by atoms with Crippen LogP contribution in [0.4, 0.5) is 10.1 Å². The van der Waals surface area contributed by atoms with Gasteiger partial charge >= 0.3 is 0 Å². The molecule has 0 atom stereocenters. The van der Waals surface area contributed by atoms with Gasteiger partial charge < -0.3 is 14.2 Å². The van der Waals surface area contributed by atoms with E-state index < -0.39 is 0 Å². The van der Waals surface area contributed by atoms with Gasteiger partial charge in [0.2, 0.25) is 0 Å². The molecule has 212 valence electrons. The Balaban J connectivity index is 1.63. The summed E-state index contributed by atoms with van der Waals surface area (Å²) in [7, 11) is 4.97. The van der Waals surface area contributed by atoms with E-state index in [1.54, 1.807) is 39.7 Å². The molecule has 5 aromatic carbocycles. The Morgan fingerprint density at radius 3 is 1.70 bits per heavy atom. The molecule has 0 spiro atoms. The van der Waals surface area contributed by atoms with Gasteiger partial charge in [-0.3, -0.25) is 9.98 Å². The number of pyridine rings is 1. The number of hydrogen-bond donors (Lipinski definition) is 0. The molecule has 0 N–H and O–H groups in total. The lowest BCUT2D eigenvalue weighted by molar-refractivity contribution is 0.415. The molecule has 0 saturated heterocycles. The van der Waals surface area contributed by atoms with Gasteiger partial charge in [0, 0.05) is 34.5 Å². The molecule has 0 aliphatic carbocycles. The van der Waals surface area contributed by atoms with Crippen molar-refractivity contribution >= 4 is 22.8 Å². The number of fused-ring (bicyclic) bond motifs is 1. The number of halogens is 1. The summed E-state index contributed by atoms with van der Waals surface area (Å²) in [5, 5.41) is 0.965. The lowest BCUT2D eigenvalue weighted by Gasteiger charge is -2.16. The van der Waals surface area contributed by atoms with E-state index in [4.69, 9.17) is 19.2 Å². The van der Waals surface area contributed by atoms with Crippen LogP contribution in [0.25, 0.3) is 44.3 Å². The van der Waals surface area contributed by atoms with Gasteiger partial charge in [0.05, 0.1) is 32.5 Å². The number of benzene rings is 5. The molecule has 0 saturated carbocycles. The number of methoxy groups -OCH3 is 3. The van der Waals surface area contributed by atoms with Crippen LogP contribution in [0.3, 0.4) is 0 Å². The van der Waals surface area contributed by atoms with Gasteiger partial charge in [-0.15, -0.1) is 0 Å². The number of aliphatic imine (C=N–C) groups is 1. The van der Waals surface area contributed by atoms with E-state index >= 15 is 0 Å². The summed E-state index contributed by atoms with van der Waals surface area (Å²) in [5.41, 5.74) is 8.37. The third-order valence-electron chi connectivity index (χ3n) is 7.38. The molecular weight excluding hydrogens is 539 g/mol. The number of hydrogen-bond acceptors (Lipinski definition) is 5. The Morgan fingerprint density at radius 1 is 0.605 bits per heavy atom. The van der Waals surface area contributed by atoms with E-state index in [1.165, 1.54) is 12.1 Å². The first-order chi connectivity index (χ1) is 21.1. The van der Waals surface area contributed by atoms with Crippen molar-refractivity contribution in [3.63, 3.8) is 0 Å². The van der Waals surface area contributed by atoms with E-state index in [0.717, 1.165) is 67.1 Å². The van der Waals surface area contributed by atoms with Crippen LogP contribution in [-0.2, 0) is 0 Å². The van der Waals surface area contributed by atoms with Crippen molar-refractivity contribution in [1.29, 1.82) is 0 Å². The highest BCUT2D eigenvalue weighted by atomic mass is 19.1. The van der Waals surface area contributed by atoms with Crippen LogP contribution in [-0.4, -0.2) is 32.5 Å². The zero-order chi connectivity index (χ0) is 29.8. The van der Waals surface area contributed by atoms with Gasteiger partial charge in [0.25, 0.3) is 0 Å². The number of nitrogens with zero attached hydrogens (tertiary/aromatic N) is 2. The van der Waals surface area contributed by atoms with Gasteiger partial charge in [0.1, 0.15) is 23.1 Å². The first kappa shape index (κ1) is 27.7. The monoisotopic (exact) mass is 568 g/mol. The van der Waals surface area contributed by atoms with Gasteiger partial charge in [0.15, 0.2) is 0 Å². The Morgan fingerprint density at radius 2 is 1.14 bits per heavy atom. The quantitative estimate of drug-likeness (QED) is 0.172. The standard InChI is InChI=1S/C37H29FN2O3/c1-41-31-14-4-24(5-15-31)27-20-34(25-6-16-32(42-2)17-7-25)37-35(21-27)36(26-8-18-33(43-3)19-9-26)28(23-40-37)22-39-30-12-10-29(38)11-13-30/h4-23H,1-3H3. The van der Waals surface area contributed by atoms with Gasteiger partial charge in [-0.1, -0.05) is 36.4 Å². The molecule has 0 aliphatic rings. The predicted octanol–water partition coefficient (Wildman–Crippen LogP) is 9.15. The first-order valence-corrected chi connectivity index (χ1v) is 13.8. The summed E-state index contributed by atoms with van der Waals surface area (Å²) in [6.07, 6.45) is 3.63. The van der Waals surface area contributed by atoms with Crippen LogP contribution in [0.1, 0.15) is 5.56 Å². The molecule has 0 amide bonds. The van der Waals surface area contributed by atoms with Crippen molar-refractivity contribution in [3.8, 4) is 50.6 Å². The minimum atomic E-state index is -0.303. The molecule has 43 heavy (non-hydrogen) atoms. The fourth-order valence-electron chi connectivity index (χ4n) is 5.11. The van der Waals surface area contributed by atoms with Crippen LogP contribution in [0, 0.1) is 5.82 Å². The average molecular weight is 569 g/mol. The van der Waals surface area contributed by atoms with Crippen LogP contribution in [0.5, 0.6) is 17.2 Å². The van der Waals surface area contributed by atoms with E-state index in [2.05, 4.69) is 29.3 Å². The molecule has 0 aliphatic heterocycles. The second kappa shape index (κ2) is 12.2. The highest BCUT2D eigenvalue weighted by molar-refractivity contribution is 6.09. The summed E-state index contributed by atoms with van der Waals surface area (Å²) in [6, 6.07) is 34.4. The molecule has 0 unspecified atom stereocenters. The van der Waals surface area contributed by atoms with Crippen molar-refractivity contribution < 1.29 is 18.6 Å². The molecule has 1 heterocycles. The third kappa shape index (κ3) is 5.81. The zero-order valence-corrected chi connectivity index (χ0v) is 24.0. The molecular formula is C37H29FN2O3. The van der Waals surface area contributed by atoms with Crippen molar-refractivity contribution in [1.82, 2.24) is 4.98 Å². The molecule has 0 bridgehead atoms. The van der Waals surface area contributed by atoms with Gasteiger partial charge in [-0.2, -0.15) is 0 Å². The minimum Gasteiger partial charge on any atom is -0.497 e. The predicted molar refractivity (Wildman–Crippen MR) is 171 cm³/mol. The summed E-state index contributed by atoms with van der Waals surface area (Å²) in [6.45, 7) is 0. The lowest BCUT2D eigenvalue weighted by atomic mass is 9.90. The molecule has 6 rings (SSSR count). The Kier molecular flexibility index (Phi) is 7.83. The minimum absolute atomic E-state index is 0.303. The summed E-state index contributed by atoms with van der Waals surface area (Å²) >= 11 is 0.